The molecule has 0 amide bonds. The van der Waals surface area contributed by atoms with Gasteiger partial charge in [-0.1, -0.05) is 36.4 Å². The molecule has 3 nitrogen and oxygen atoms in total. The van der Waals surface area contributed by atoms with Crippen LogP contribution in [0.4, 0.5) is 13.2 Å². The second kappa shape index (κ2) is 10.1. The van der Waals surface area contributed by atoms with Gasteiger partial charge in [-0.25, -0.2) is 0 Å². The minimum absolute atomic E-state index is 0.434. The van der Waals surface area contributed by atoms with Crippen LogP contribution in [0.2, 0.25) is 0 Å². The molecule has 0 bridgehead atoms. The summed E-state index contributed by atoms with van der Waals surface area (Å²) >= 11 is 0. The fourth-order valence-corrected chi connectivity index (χ4v) is 3.02. The van der Waals surface area contributed by atoms with Crippen molar-refractivity contribution in [2.45, 2.75) is 25.7 Å². The fraction of sp³-hybridized carbons (Fsp3) is 0.261. The molecule has 152 valence electrons. The summed E-state index contributed by atoms with van der Waals surface area (Å²) in [4.78, 5) is 6.48. The van der Waals surface area contributed by atoms with Gasteiger partial charge in [0.2, 0.25) is 0 Å². The Morgan fingerprint density at radius 3 is 2.17 bits per heavy atom. The van der Waals surface area contributed by atoms with Gasteiger partial charge in [0.25, 0.3) is 0 Å². The third-order valence-electron chi connectivity index (χ3n) is 4.45. The fourth-order valence-electron chi connectivity index (χ4n) is 3.02. The number of ether oxygens (including phenoxy) is 1. The molecule has 0 radical (unpaired) electrons. The number of hydrogen-bond acceptors (Lipinski definition) is 3. The Labute approximate surface area is 168 Å². The Morgan fingerprint density at radius 1 is 0.828 bits per heavy atom. The van der Waals surface area contributed by atoms with E-state index in [1.165, 1.54) is 17.7 Å². The van der Waals surface area contributed by atoms with E-state index in [0.717, 1.165) is 43.8 Å². The first-order valence-corrected chi connectivity index (χ1v) is 9.46. The zero-order valence-electron chi connectivity index (χ0n) is 16.0. The molecule has 3 rings (SSSR count). The maximum Gasteiger partial charge on any atom is 0.416 e. The van der Waals surface area contributed by atoms with Gasteiger partial charge in [0.15, 0.2) is 0 Å². The van der Waals surface area contributed by atoms with E-state index in [-0.39, 0.29) is 0 Å². The molecule has 0 unspecified atom stereocenters. The van der Waals surface area contributed by atoms with Crippen LogP contribution in [-0.4, -0.2) is 23.0 Å². The predicted octanol–water partition coefficient (Wildman–Crippen LogP) is 5.57. The summed E-state index contributed by atoms with van der Waals surface area (Å²) in [7, 11) is 0. The van der Waals surface area contributed by atoms with E-state index in [1.54, 1.807) is 6.20 Å². The summed E-state index contributed by atoms with van der Waals surface area (Å²) in [5, 5.41) is 0. The molecule has 0 aliphatic heterocycles. The van der Waals surface area contributed by atoms with Crippen LogP contribution < -0.4 is 4.74 Å². The van der Waals surface area contributed by atoms with E-state index in [2.05, 4.69) is 22.0 Å². The third kappa shape index (κ3) is 6.91. The molecule has 0 saturated heterocycles. The number of nitrogens with zero attached hydrogens (tertiary/aromatic N) is 2. The SMILES string of the molecule is FC(F)(F)c1ccc(OCCCN(Cc2ccccc2)Cc2cccnc2)cc1. The maximum absolute atomic E-state index is 12.6. The minimum atomic E-state index is -4.33. The normalized spacial score (nSPS) is 11.6. The van der Waals surface area contributed by atoms with Crippen LogP contribution in [0.3, 0.4) is 0 Å². The monoisotopic (exact) mass is 400 g/mol. The van der Waals surface area contributed by atoms with Crippen molar-refractivity contribution >= 4 is 0 Å². The van der Waals surface area contributed by atoms with Crippen LogP contribution in [-0.2, 0) is 19.3 Å². The minimum Gasteiger partial charge on any atom is -0.494 e. The number of alkyl halides is 3. The summed E-state index contributed by atoms with van der Waals surface area (Å²) in [6.45, 7) is 2.80. The van der Waals surface area contributed by atoms with Crippen molar-refractivity contribution in [2.75, 3.05) is 13.2 Å². The number of benzene rings is 2. The molecule has 0 spiro atoms. The first kappa shape index (κ1) is 20.9. The topological polar surface area (TPSA) is 25.4 Å². The third-order valence-corrected chi connectivity index (χ3v) is 4.45. The zero-order chi connectivity index (χ0) is 20.5. The molecule has 2 aromatic carbocycles. The molecule has 0 saturated carbocycles. The van der Waals surface area contributed by atoms with Crippen LogP contribution in [0.5, 0.6) is 5.75 Å². The van der Waals surface area contributed by atoms with E-state index < -0.39 is 11.7 Å². The standard InChI is InChI=1S/C23H23F3N2O/c24-23(25,26)21-9-11-22(12-10-21)29-15-5-14-28(17-19-6-2-1-3-7-19)18-20-8-4-13-27-16-20/h1-4,6-13,16H,5,14-15,17-18H2. The molecule has 6 heteroatoms. The van der Waals surface area contributed by atoms with Gasteiger partial charge in [0, 0.05) is 32.0 Å². The molecule has 1 heterocycles. The van der Waals surface area contributed by atoms with E-state index in [0.29, 0.717) is 12.4 Å². The second-order valence-corrected chi connectivity index (χ2v) is 6.78. The molecule has 1 aromatic heterocycles. The number of halogens is 3. The summed E-state index contributed by atoms with van der Waals surface area (Å²) in [6.07, 6.45) is 0.0382. The molecule has 29 heavy (non-hydrogen) atoms. The average Bonchev–Trinajstić information content (AvgIpc) is 2.72. The highest BCUT2D eigenvalue weighted by molar-refractivity contribution is 5.28. The van der Waals surface area contributed by atoms with Gasteiger partial charge in [0.05, 0.1) is 12.2 Å². The lowest BCUT2D eigenvalue weighted by Crippen LogP contribution is -2.25. The number of aromatic nitrogens is 1. The molecule has 0 aliphatic rings. The molecule has 0 N–H and O–H groups in total. The van der Waals surface area contributed by atoms with Gasteiger partial charge in [-0.15, -0.1) is 0 Å². The summed E-state index contributed by atoms with van der Waals surface area (Å²) in [5.41, 5.74) is 1.68. The van der Waals surface area contributed by atoms with Gasteiger partial charge < -0.3 is 4.74 Å². The van der Waals surface area contributed by atoms with Gasteiger partial charge in [0.1, 0.15) is 5.75 Å². The van der Waals surface area contributed by atoms with Gasteiger partial charge in [-0.3, -0.25) is 9.88 Å². The van der Waals surface area contributed by atoms with E-state index in [9.17, 15) is 13.2 Å². The Hall–Kier alpha value is -2.86. The lowest BCUT2D eigenvalue weighted by atomic mass is 10.2. The largest absolute Gasteiger partial charge is 0.494 e. The summed E-state index contributed by atoms with van der Waals surface area (Å²) in [6, 6.07) is 19.0. The number of rotatable bonds is 9. The van der Waals surface area contributed by atoms with Crippen LogP contribution in [0.1, 0.15) is 23.1 Å². The van der Waals surface area contributed by atoms with Crippen molar-refractivity contribution < 1.29 is 17.9 Å². The van der Waals surface area contributed by atoms with E-state index in [1.807, 2.05) is 36.5 Å². The highest BCUT2D eigenvalue weighted by Gasteiger charge is 2.29. The maximum atomic E-state index is 12.6. The van der Waals surface area contributed by atoms with Crippen LogP contribution in [0, 0.1) is 0 Å². The van der Waals surface area contributed by atoms with Crippen LogP contribution >= 0.6 is 0 Å². The summed E-state index contributed by atoms with van der Waals surface area (Å²) < 4.78 is 43.5. The van der Waals surface area contributed by atoms with E-state index >= 15 is 0 Å². The Kier molecular flexibility index (Phi) is 7.25. The van der Waals surface area contributed by atoms with Gasteiger partial charge >= 0.3 is 6.18 Å². The lowest BCUT2D eigenvalue weighted by molar-refractivity contribution is -0.137. The molecular weight excluding hydrogens is 377 g/mol. The predicted molar refractivity (Wildman–Crippen MR) is 106 cm³/mol. The van der Waals surface area contributed by atoms with Crippen LogP contribution in [0.25, 0.3) is 0 Å². The smallest absolute Gasteiger partial charge is 0.416 e. The number of pyridine rings is 1. The first-order valence-electron chi connectivity index (χ1n) is 9.46. The van der Waals surface area contributed by atoms with E-state index in [4.69, 9.17) is 4.74 Å². The first-order chi connectivity index (χ1) is 14.0. The average molecular weight is 400 g/mol. The van der Waals surface area contributed by atoms with Crippen molar-refractivity contribution in [1.82, 2.24) is 9.88 Å². The molecule has 0 fully saturated rings. The van der Waals surface area contributed by atoms with Crippen molar-refractivity contribution in [1.29, 1.82) is 0 Å². The Morgan fingerprint density at radius 2 is 1.52 bits per heavy atom. The lowest BCUT2D eigenvalue weighted by Gasteiger charge is -2.22. The zero-order valence-corrected chi connectivity index (χ0v) is 16.0. The highest BCUT2D eigenvalue weighted by atomic mass is 19.4. The van der Waals surface area contributed by atoms with Crippen molar-refractivity contribution in [3.63, 3.8) is 0 Å². The number of hydrogen-bond donors (Lipinski definition) is 0. The van der Waals surface area contributed by atoms with Crippen LogP contribution in [0.15, 0.2) is 79.1 Å². The summed E-state index contributed by atoms with van der Waals surface area (Å²) in [5.74, 6) is 0.444. The van der Waals surface area contributed by atoms with Crippen molar-refractivity contribution in [2.24, 2.45) is 0 Å². The van der Waals surface area contributed by atoms with Gasteiger partial charge in [-0.05, 0) is 47.9 Å². The Bertz CT molecular complexity index is 811. The second-order valence-electron chi connectivity index (χ2n) is 6.78. The molecule has 0 aliphatic carbocycles. The van der Waals surface area contributed by atoms with Crippen molar-refractivity contribution in [3.8, 4) is 5.75 Å². The molecular formula is C23H23F3N2O. The van der Waals surface area contributed by atoms with Gasteiger partial charge in [-0.2, -0.15) is 13.2 Å². The highest BCUT2D eigenvalue weighted by Crippen LogP contribution is 2.30. The quantitative estimate of drug-likeness (QED) is 0.439. The molecule has 3 aromatic rings. The molecule has 0 atom stereocenters. The van der Waals surface area contributed by atoms with Crippen molar-refractivity contribution in [3.05, 3.63) is 95.8 Å². The Balaban J connectivity index is 1.52.